The lowest BCUT2D eigenvalue weighted by atomic mass is 10.2. The molecule has 0 N–H and O–H groups in total. The number of nitrogens with zero attached hydrogens (tertiary/aromatic N) is 2. The Labute approximate surface area is 198 Å². The van der Waals surface area contributed by atoms with Crippen molar-refractivity contribution < 1.29 is 27.5 Å². The molecule has 1 aliphatic rings. The van der Waals surface area contributed by atoms with Crippen LogP contribution in [0.25, 0.3) is 6.08 Å². The zero-order valence-corrected chi connectivity index (χ0v) is 19.7. The number of esters is 1. The summed E-state index contributed by atoms with van der Waals surface area (Å²) in [4.78, 5) is 25.9. The number of hydrogen-bond donors (Lipinski definition) is 0. The minimum Gasteiger partial charge on any atom is -0.494 e. The molecular weight excluding hydrogens is 468 g/mol. The molecule has 0 aromatic heterocycles. The van der Waals surface area contributed by atoms with E-state index in [0.29, 0.717) is 11.6 Å². The van der Waals surface area contributed by atoms with E-state index in [9.17, 15) is 18.0 Å². The van der Waals surface area contributed by atoms with Crippen molar-refractivity contribution in [1.82, 2.24) is 9.21 Å². The molecule has 10 heteroatoms. The lowest BCUT2D eigenvalue weighted by molar-refractivity contribution is -0.148. The Hall–Kier alpha value is -2.88. The van der Waals surface area contributed by atoms with Crippen LogP contribution in [0.15, 0.2) is 59.5 Å². The van der Waals surface area contributed by atoms with E-state index in [1.807, 2.05) is 6.92 Å². The second kappa shape index (κ2) is 11.3. The van der Waals surface area contributed by atoms with Crippen molar-refractivity contribution in [3.05, 3.63) is 65.2 Å². The molecule has 8 nitrogen and oxygen atoms in total. The first-order chi connectivity index (χ1) is 15.8. The summed E-state index contributed by atoms with van der Waals surface area (Å²) in [5.74, 6) is -0.272. The lowest BCUT2D eigenvalue weighted by Gasteiger charge is -2.33. The number of benzene rings is 2. The summed E-state index contributed by atoms with van der Waals surface area (Å²) >= 11 is 5.82. The number of carbonyl (C=O) groups is 2. The molecule has 0 radical (unpaired) electrons. The van der Waals surface area contributed by atoms with Crippen LogP contribution in [0, 0.1) is 0 Å². The molecule has 2 aromatic carbocycles. The second-order valence-electron chi connectivity index (χ2n) is 7.18. The number of halogens is 1. The van der Waals surface area contributed by atoms with Crippen LogP contribution in [-0.2, 0) is 24.3 Å². The number of rotatable bonds is 8. The first-order valence-corrected chi connectivity index (χ1v) is 12.2. The summed E-state index contributed by atoms with van der Waals surface area (Å²) in [5.41, 5.74) is 0.791. The normalized spacial score (nSPS) is 14.9. The molecule has 3 rings (SSSR count). The SMILES string of the molecule is CCOc1ccc(/C=C/C(=O)OCC(=O)N2CCN(S(=O)(=O)c3ccc(Cl)cc3)CC2)cc1. The fourth-order valence-corrected chi connectivity index (χ4v) is 4.76. The molecule has 0 saturated carbocycles. The van der Waals surface area contributed by atoms with Gasteiger partial charge >= 0.3 is 5.97 Å². The highest BCUT2D eigenvalue weighted by atomic mass is 35.5. The Balaban J connectivity index is 1.45. The fraction of sp³-hybridized carbons (Fsp3) is 0.304. The Morgan fingerprint density at radius 1 is 1.00 bits per heavy atom. The van der Waals surface area contributed by atoms with E-state index in [2.05, 4.69) is 0 Å². The maximum Gasteiger partial charge on any atom is 0.331 e. The average Bonchev–Trinajstić information content (AvgIpc) is 2.82. The maximum absolute atomic E-state index is 12.7. The van der Waals surface area contributed by atoms with Gasteiger partial charge in [0.05, 0.1) is 11.5 Å². The van der Waals surface area contributed by atoms with Crippen molar-refractivity contribution in [1.29, 1.82) is 0 Å². The Morgan fingerprint density at radius 3 is 2.24 bits per heavy atom. The van der Waals surface area contributed by atoms with Crippen LogP contribution >= 0.6 is 11.6 Å². The third kappa shape index (κ3) is 6.80. The third-order valence-electron chi connectivity index (χ3n) is 4.98. The summed E-state index contributed by atoms with van der Waals surface area (Å²) in [6, 6.07) is 13.1. The van der Waals surface area contributed by atoms with Crippen molar-refractivity contribution in [2.24, 2.45) is 0 Å². The van der Waals surface area contributed by atoms with Crippen LogP contribution in [0.2, 0.25) is 5.02 Å². The Morgan fingerprint density at radius 2 is 1.64 bits per heavy atom. The third-order valence-corrected chi connectivity index (χ3v) is 7.15. The average molecular weight is 493 g/mol. The molecule has 0 atom stereocenters. The van der Waals surface area contributed by atoms with Crippen LogP contribution in [0.5, 0.6) is 5.75 Å². The van der Waals surface area contributed by atoms with E-state index in [-0.39, 0.29) is 37.0 Å². The van der Waals surface area contributed by atoms with E-state index in [4.69, 9.17) is 21.1 Å². The number of amides is 1. The standard InChI is InChI=1S/C23H25ClN2O6S/c1-2-31-20-8-3-18(4-9-20)5-12-23(28)32-17-22(27)25-13-15-26(16-14-25)33(29,30)21-10-6-19(24)7-11-21/h3-12H,2,13-17H2,1H3/b12-5+. The van der Waals surface area contributed by atoms with Gasteiger partial charge in [-0.2, -0.15) is 4.31 Å². The number of sulfonamides is 1. The first-order valence-electron chi connectivity index (χ1n) is 10.4. The maximum atomic E-state index is 12.7. The molecule has 2 aromatic rings. The second-order valence-corrected chi connectivity index (χ2v) is 9.56. The minimum atomic E-state index is -3.66. The highest BCUT2D eigenvalue weighted by molar-refractivity contribution is 7.89. The van der Waals surface area contributed by atoms with Gasteiger partial charge in [0, 0.05) is 37.3 Å². The Bertz CT molecular complexity index is 1090. The van der Waals surface area contributed by atoms with Gasteiger partial charge < -0.3 is 14.4 Å². The predicted molar refractivity (Wildman–Crippen MR) is 124 cm³/mol. The summed E-state index contributed by atoms with van der Waals surface area (Å²) in [5, 5.41) is 0.452. The van der Waals surface area contributed by atoms with E-state index >= 15 is 0 Å². The van der Waals surface area contributed by atoms with Crippen LogP contribution in [0.3, 0.4) is 0 Å². The van der Waals surface area contributed by atoms with Gasteiger partial charge in [0.1, 0.15) is 5.75 Å². The van der Waals surface area contributed by atoms with Crippen molar-refractivity contribution in [3.63, 3.8) is 0 Å². The molecule has 1 heterocycles. The molecule has 0 unspecified atom stereocenters. The molecular formula is C23H25ClN2O6S. The summed E-state index contributed by atoms with van der Waals surface area (Å²) in [6.07, 6.45) is 2.84. The van der Waals surface area contributed by atoms with E-state index in [1.54, 1.807) is 30.3 Å². The van der Waals surface area contributed by atoms with Gasteiger partial charge in [-0.1, -0.05) is 23.7 Å². The zero-order chi connectivity index (χ0) is 23.8. The van der Waals surface area contributed by atoms with Crippen molar-refractivity contribution in [2.45, 2.75) is 11.8 Å². The molecule has 1 aliphatic heterocycles. The van der Waals surface area contributed by atoms with Gasteiger partial charge in [0.25, 0.3) is 5.91 Å². The monoisotopic (exact) mass is 492 g/mol. The number of hydrogen-bond acceptors (Lipinski definition) is 6. The molecule has 0 bridgehead atoms. The highest BCUT2D eigenvalue weighted by Crippen LogP contribution is 2.20. The quantitative estimate of drug-likeness (QED) is 0.415. The molecule has 176 valence electrons. The fourth-order valence-electron chi connectivity index (χ4n) is 3.21. The van der Waals surface area contributed by atoms with Crippen LogP contribution < -0.4 is 4.74 Å². The number of piperazine rings is 1. The van der Waals surface area contributed by atoms with Crippen molar-refractivity contribution in [2.75, 3.05) is 39.4 Å². The topological polar surface area (TPSA) is 93.2 Å². The largest absolute Gasteiger partial charge is 0.494 e. The van der Waals surface area contributed by atoms with E-state index in [0.717, 1.165) is 11.3 Å². The molecule has 0 aliphatic carbocycles. The smallest absolute Gasteiger partial charge is 0.331 e. The summed E-state index contributed by atoms with van der Waals surface area (Å²) in [7, 11) is -3.66. The minimum absolute atomic E-state index is 0.153. The Kier molecular flexibility index (Phi) is 8.49. The molecule has 1 fully saturated rings. The van der Waals surface area contributed by atoms with Gasteiger partial charge in [0.15, 0.2) is 6.61 Å². The van der Waals surface area contributed by atoms with Gasteiger partial charge in [-0.15, -0.1) is 0 Å². The predicted octanol–water partition coefficient (Wildman–Crippen LogP) is 2.83. The van der Waals surface area contributed by atoms with Gasteiger partial charge in [-0.25, -0.2) is 13.2 Å². The highest BCUT2D eigenvalue weighted by Gasteiger charge is 2.30. The van der Waals surface area contributed by atoms with Gasteiger partial charge in [-0.3, -0.25) is 4.79 Å². The van der Waals surface area contributed by atoms with Crippen molar-refractivity contribution in [3.8, 4) is 5.75 Å². The molecule has 33 heavy (non-hydrogen) atoms. The van der Waals surface area contributed by atoms with Crippen molar-refractivity contribution >= 4 is 39.6 Å². The van der Waals surface area contributed by atoms with Crippen LogP contribution in [0.4, 0.5) is 0 Å². The van der Waals surface area contributed by atoms with E-state index < -0.39 is 22.6 Å². The van der Waals surface area contributed by atoms with E-state index in [1.165, 1.54) is 39.5 Å². The summed E-state index contributed by atoms with van der Waals surface area (Å²) in [6.45, 7) is 2.80. The van der Waals surface area contributed by atoms with Gasteiger partial charge in [-0.05, 0) is 55.0 Å². The molecule has 0 spiro atoms. The summed E-state index contributed by atoms with van der Waals surface area (Å²) < 4.78 is 37.2. The zero-order valence-electron chi connectivity index (χ0n) is 18.1. The van der Waals surface area contributed by atoms with Gasteiger partial charge in [0.2, 0.25) is 10.0 Å². The number of ether oxygens (including phenoxy) is 2. The molecule has 1 amide bonds. The number of carbonyl (C=O) groups excluding carboxylic acids is 2. The first kappa shape index (κ1) is 24.8. The lowest BCUT2D eigenvalue weighted by Crippen LogP contribution is -2.51. The molecule has 1 saturated heterocycles. The van der Waals surface area contributed by atoms with Crippen LogP contribution in [-0.4, -0.2) is 68.9 Å². The van der Waals surface area contributed by atoms with Crippen LogP contribution in [0.1, 0.15) is 12.5 Å².